The Morgan fingerprint density at radius 2 is 1.63 bits per heavy atom. The Hall–Kier alpha value is -1.19. The van der Waals surface area contributed by atoms with Crippen molar-refractivity contribution in [2.24, 2.45) is 0 Å². The van der Waals surface area contributed by atoms with Gasteiger partial charge in [0.05, 0.1) is 5.38 Å². The van der Waals surface area contributed by atoms with Gasteiger partial charge in [0.1, 0.15) is 5.82 Å². The van der Waals surface area contributed by atoms with Crippen molar-refractivity contribution in [2.45, 2.75) is 11.8 Å². The van der Waals surface area contributed by atoms with Crippen molar-refractivity contribution in [1.82, 2.24) is 0 Å². The molecule has 0 aromatic heterocycles. The van der Waals surface area contributed by atoms with Crippen LogP contribution in [0.2, 0.25) is 5.02 Å². The van der Waals surface area contributed by atoms with Gasteiger partial charge in [-0.15, -0.1) is 11.6 Å². The first kappa shape index (κ1) is 14.2. The summed E-state index contributed by atoms with van der Waals surface area (Å²) in [5.74, 6) is -3.21. The molecule has 100 valence electrons. The molecule has 19 heavy (non-hydrogen) atoms. The third kappa shape index (κ3) is 3.43. The Kier molecular flexibility index (Phi) is 4.38. The fraction of sp³-hybridized carbons (Fsp3) is 0.143. The summed E-state index contributed by atoms with van der Waals surface area (Å²) in [7, 11) is 0. The standard InChI is InChI=1S/C14H9Cl2F3/c15-9-3-1-2-8(4-9)5-11(16)10-6-13(18)14(19)7-12(10)17/h1-4,6-7,11H,5H2. The van der Waals surface area contributed by atoms with Crippen molar-refractivity contribution in [3.05, 3.63) is 70.0 Å². The molecule has 0 fully saturated rings. The maximum Gasteiger partial charge on any atom is 0.161 e. The first-order chi connectivity index (χ1) is 8.97. The molecule has 2 aromatic rings. The van der Waals surface area contributed by atoms with Gasteiger partial charge in [-0.25, -0.2) is 13.2 Å². The van der Waals surface area contributed by atoms with Crippen molar-refractivity contribution in [3.8, 4) is 0 Å². The van der Waals surface area contributed by atoms with E-state index in [1.165, 1.54) is 0 Å². The molecule has 0 aliphatic heterocycles. The quantitative estimate of drug-likeness (QED) is 0.534. The van der Waals surface area contributed by atoms with Gasteiger partial charge in [0.15, 0.2) is 11.6 Å². The van der Waals surface area contributed by atoms with E-state index in [0.717, 1.165) is 11.6 Å². The van der Waals surface area contributed by atoms with Crippen molar-refractivity contribution in [3.63, 3.8) is 0 Å². The maximum absolute atomic E-state index is 13.5. The first-order valence-corrected chi connectivity index (χ1v) is 6.32. The minimum atomic E-state index is -1.23. The molecule has 0 aliphatic rings. The van der Waals surface area contributed by atoms with Gasteiger partial charge in [0, 0.05) is 16.7 Å². The van der Waals surface area contributed by atoms with E-state index in [2.05, 4.69) is 0 Å². The van der Waals surface area contributed by atoms with Crippen LogP contribution in [0.4, 0.5) is 13.2 Å². The van der Waals surface area contributed by atoms with E-state index in [1.54, 1.807) is 24.3 Å². The second kappa shape index (κ2) is 5.85. The Morgan fingerprint density at radius 1 is 0.947 bits per heavy atom. The predicted octanol–water partition coefficient (Wildman–Crippen LogP) is 5.28. The SMILES string of the molecule is Fc1cc(F)c(C(Cl)Cc2cccc(Cl)c2)cc1F. The molecule has 0 amide bonds. The van der Waals surface area contributed by atoms with Crippen LogP contribution in [0.15, 0.2) is 36.4 Å². The Bertz CT molecular complexity index is 599. The Labute approximate surface area is 118 Å². The van der Waals surface area contributed by atoms with Crippen molar-refractivity contribution in [2.75, 3.05) is 0 Å². The van der Waals surface area contributed by atoms with Gasteiger partial charge in [0.2, 0.25) is 0 Å². The molecule has 2 aromatic carbocycles. The molecule has 0 saturated carbocycles. The molecule has 5 heteroatoms. The second-order valence-electron chi connectivity index (χ2n) is 4.09. The Balaban J connectivity index is 2.25. The minimum Gasteiger partial charge on any atom is -0.207 e. The molecule has 2 rings (SSSR count). The lowest BCUT2D eigenvalue weighted by atomic mass is 10.0. The van der Waals surface area contributed by atoms with E-state index < -0.39 is 22.8 Å². The zero-order valence-electron chi connectivity index (χ0n) is 9.64. The summed E-state index contributed by atoms with van der Waals surface area (Å²) in [6.07, 6.45) is 0.268. The lowest BCUT2D eigenvalue weighted by molar-refractivity contribution is 0.489. The number of benzene rings is 2. The number of rotatable bonds is 3. The summed E-state index contributed by atoms with van der Waals surface area (Å²) in [6, 6.07) is 8.19. The number of alkyl halides is 1. The van der Waals surface area contributed by atoms with Gasteiger partial charge in [-0.1, -0.05) is 23.7 Å². The fourth-order valence-corrected chi connectivity index (χ4v) is 2.32. The van der Waals surface area contributed by atoms with E-state index in [9.17, 15) is 13.2 Å². The molecular weight excluding hydrogens is 296 g/mol. The zero-order valence-corrected chi connectivity index (χ0v) is 11.2. The van der Waals surface area contributed by atoms with Crippen molar-refractivity contribution < 1.29 is 13.2 Å². The van der Waals surface area contributed by atoms with Crippen LogP contribution in [0.3, 0.4) is 0 Å². The largest absolute Gasteiger partial charge is 0.207 e. The molecule has 0 nitrogen and oxygen atoms in total. The monoisotopic (exact) mass is 304 g/mol. The fourth-order valence-electron chi connectivity index (χ4n) is 1.76. The molecule has 0 saturated heterocycles. The Morgan fingerprint density at radius 3 is 2.32 bits per heavy atom. The van der Waals surface area contributed by atoms with E-state index in [1.807, 2.05) is 0 Å². The normalized spacial score (nSPS) is 12.5. The summed E-state index contributed by atoms with van der Waals surface area (Å²) in [5, 5.41) is -0.263. The average Bonchev–Trinajstić information content (AvgIpc) is 2.33. The van der Waals surface area contributed by atoms with Crippen LogP contribution >= 0.6 is 23.2 Å². The maximum atomic E-state index is 13.5. The highest BCUT2D eigenvalue weighted by molar-refractivity contribution is 6.30. The molecule has 0 bridgehead atoms. The molecule has 0 aliphatic carbocycles. The van der Waals surface area contributed by atoms with Crippen LogP contribution in [-0.4, -0.2) is 0 Å². The zero-order chi connectivity index (χ0) is 14.0. The highest BCUT2D eigenvalue weighted by Gasteiger charge is 2.17. The number of hydrogen-bond donors (Lipinski definition) is 0. The molecule has 0 N–H and O–H groups in total. The predicted molar refractivity (Wildman–Crippen MR) is 70.1 cm³/mol. The van der Waals surface area contributed by atoms with Crippen LogP contribution in [0.5, 0.6) is 0 Å². The number of hydrogen-bond acceptors (Lipinski definition) is 0. The van der Waals surface area contributed by atoms with Crippen molar-refractivity contribution >= 4 is 23.2 Å². The molecule has 0 spiro atoms. The smallest absolute Gasteiger partial charge is 0.161 e. The summed E-state index contributed by atoms with van der Waals surface area (Å²) < 4.78 is 39.5. The van der Waals surface area contributed by atoms with Gasteiger partial charge < -0.3 is 0 Å². The van der Waals surface area contributed by atoms with Crippen LogP contribution in [0, 0.1) is 17.5 Å². The highest BCUT2D eigenvalue weighted by atomic mass is 35.5. The van der Waals surface area contributed by atoms with Crippen LogP contribution in [0.1, 0.15) is 16.5 Å². The lowest BCUT2D eigenvalue weighted by Gasteiger charge is -2.11. The topological polar surface area (TPSA) is 0 Å². The number of halogens is 5. The summed E-state index contributed by atoms with van der Waals surface area (Å²) in [4.78, 5) is 0. The van der Waals surface area contributed by atoms with E-state index in [-0.39, 0.29) is 12.0 Å². The van der Waals surface area contributed by atoms with Gasteiger partial charge in [0.25, 0.3) is 0 Å². The van der Waals surface area contributed by atoms with Crippen molar-refractivity contribution in [1.29, 1.82) is 0 Å². The highest BCUT2D eigenvalue weighted by Crippen LogP contribution is 2.29. The van der Waals surface area contributed by atoms with Crippen LogP contribution in [0.25, 0.3) is 0 Å². The molecule has 0 heterocycles. The van der Waals surface area contributed by atoms with Gasteiger partial charge >= 0.3 is 0 Å². The minimum absolute atomic E-state index is 0.0689. The summed E-state index contributed by atoms with van der Waals surface area (Å²) in [6.45, 7) is 0. The molecule has 0 radical (unpaired) electrons. The van der Waals surface area contributed by atoms with Crippen LogP contribution < -0.4 is 0 Å². The van der Waals surface area contributed by atoms with Gasteiger partial charge in [-0.05, 0) is 30.2 Å². The van der Waals surface area contributed by atoms with Gasteiger partial charge in [-0.3, -0.25) is 0 Å². The van der Waals surface area contributed by atoms with Crippen LogP contribution in [-0.2, 0) is 6.42 Å². The van der Waals surface area contributed by atoms with Gasteiger partial charge in [-0.2, -0.15) is 0 Å². The van der Waals surface area contributed by atoms with E-state index in [4.69, 9.17) is 23.2 Å². The first-order valence-electron chi connectivity index (χ1n) is 5.50. The second-order valence-corrected chi connectivity index (χ2v) is 5.05. The molecule has 1 unspecified atom stereocenters. The van der Waals surface area contributed by atoms with E-state index >= 15 is 0 Å². The lowest BCUT2D eigenvalue weighted by Crippen LogP contribution is -2.01. The third-order valence-corrected chi connectivity index (χ3v) is 3.31. The summed E-state index contributed by atoms with van der Waals surface area (Å²) >= 11 is 11.9. The summed E-state index contributed by atoms with van der Waals surface area (Å²) in [5.41, 5.74) is 0.720. The molecule has 1 atom stereocenters. The average molecular weight is 305 g/mol. The third-order valence-electron chi connectivity index (χ3n) is 2.68. The molecular formula is C14H9Cl2F3. The van der Waals surface area contributed by atoms with E-state index in [0.29, 0.717) is 11.1 Å².